The summed E-state index contributed by atoms with van der Waals surface area (Å²) in [6, 6.07) is 3.21. The summed E-state index contributed by atoms with van der Waals surface area (Å²) in [7, 11) is 0. The van der Waals surface area contributed by atoms with E-state index >= 15 is 0 Å². The van der Waals surface area contributed by atoms with Crippen LogP contribution in [-0.2, 0) is 4.79 Å². The molecule has 2 rings (SSSR count). The van der Waals surface area contributed by atoms with Gasteiger partial charge in [-0.3, -0.25) is 15.1 Å². The molecule has 2 N–H and O–H groups in total. The van der Waals surface area contributed by atoms with Crippen molar-refractivity contribution in [3.8, 4) is 0 Å². The number of hydrogen-bond acceptors (Lipinski definition) is 4. The molecule has 0 saturated carbocycles. The van der Waals surface area contributed by atoms with E-state index in [2.05, 4.69) is 10.3 Å². The molecule has 1 aliphatic rings. The maximum atomic E-state index is 12.1. The van der Waals surface area contributed by atoms with E-state index in [0.29, 0.717) is 24.9 Å². The zero-order valence-corrected chi connectivity index (χ0v) is 8.64. The molecule has 1 fully saturated rings. The predicted octanol–water partition coefficient (Wildman–Crippen LogP) is 0.471. The van der Waals surface area contributed by atoms with Gasteiger partial charge < -0.3 is 5.11 Å². The van der Waals surface area contributed by atoms with Gasteiger partial charge in [-0.1, -0.05) is 0 Å². The summed E-state index contributed by atoms with van der Waals surface area (Å²) in [5.41, 5.74) is -1.12. The second-order valence-corrected chi connectivity index (χ2v) is 3.81. The highest BCUT2D eigenvalue weighted by atomic mass is 16.4. The third kappa shape index (κ3) is 1.59. The van der Waals surface area contributed by atoms with E-state index in [9.17, 15) is 14.7 Å². The van der Waals surface area contributed by atoms with Crippen LogP contribution in [0, 0.1) is 0 Å². The van der Waals surface area contributed by atoms with Gasteiger partial charge in [0.05, 0.1) is 0 Å². The van der Waals surface area contributed by atoms with Crippen molar-refractivity contribution >= 4 is 11.8 Å². The molecule has 1 aromatic heterocycles. The number of nitrogens with zero attached hydrogens (tertiary/aromatic N) is 1. The Hall–Kier alpha value is -1.75. The van der Waals surface area contributed by atoms with Crippen LogP contribution >= 0.6 is 0 Å². The zero-order chi connectivity index (χ0) is 11.6. The number of hydrogen-bond donors (Lipinski definition) is 2. The lowest BCUT2D eigenvalue weighted by molar-refractivity contribution is -0.142. The van der Waals surface area contributed by atoms with Crippen LogP contribution in [0.2, 0.25) is 0 Å². The summed E-state index contributed by atoms with van der Waals surface area (Å²) in [6.07, 6.45) is 3.97. The van der Waals surface area contributed by atoms with E-state index in [1.54, 1.807) is 18.3 Å². The predicted molar refractivity (Wildman–Crippen MR) is 56.2 cm³/mol. The van der Waals surface area contributed by atoms with Gasteiger partial charge >= 0.3 is 5.97 Å². The number of ketones is 1. The van der Waals surface area contributed by atoms with E-state index in [-0.39, 0.29) is 0 Å². The second kappa shape index (κ2) is 4.02. The molecule has 1 aromatic rings. The van der Waals surface area contributed by atoms with Gasteiger partial charge in [0, 0.05) is 18.0 Å². The third-order valence-corrected chi connectivity index (χ3v) is 2.83. The van der Waals surface area contributed by atoms with E-state index in [0.717, 1.165) is 0 Å². The zero-order valence-electron chi connectivity index (χ0n) is 8.64. The molecule has 0 unspecified atom stereocenters. The van der Waals surface area contributed by atoms with Crippen molar-refractivity contribution in [1.29, 1.82) is 0 Å². The van der Waals surface area contributed by atoms with E-state index in [1.165, 1.54) is 6.20 Å². The first-order valence-corrected chi connectivity index (χ1v) is 5.10. The van der Waals surface area contributed by atoms with Gasteiger partial charge in [-0.15, -0.1) is 0 Å². The summed E-state index contributed by atoms with van der Waals surface area (Å²) in [6.45, 7) is 0.554. The van der Waals surface area contributed by atoms with Gasteiger partial charge in [0.25, 0.3) is 0 Å². The van der Waals surface area contributed by atoms with Crippen LogP contribution in [0.3, 0.4) is 0 Å². The summed E-state index contributed by atoms with van der Waals surface area (Å²) in [5.74, 6) is -1.52. The Bertz CT molecular complexity index is 410. The van der Waals surface area contributed by atoms with Crippen molar-refractivity contribution in [2.75, 3.05) is 6.54 Å². The summed E-state index contributed by atoms with van der Waals surface area (Å²) in [5, 5.41) is 12.0. The molecule has 5 heteroatoms. The lowest BCUT2D eigenvalue weighted by Gasteiger charge is -2.22. The minimum Gasteiger partial charge on any atom is -0.480 e. The van der Waals surface area contributed by atoms with Gasteiger partial charge in [0.15, 0.2) is 11.3 Å². The summed E-state index contributed by atoms with van der Waals surface area (Å²) in [4.78, 5) is 27.2. The molecule has 0 aromatic carbocycles. The Morgan fingerprint density at radius 2 is 2.31 bits per heavy atom. The first-order chi connectivity index (χ1) is 7.67. The second-order valence-electron chi connectivity index (χ2n) is 3.81. The molecule has 1 atom stereocenters. The summed E-state index contributed by atoms with van der Waals surface area (Å²) >= 11 is 0. The maximum Gasteiger partial charge on any atom is 0.332 e. The number of nitrogens with one attached hydrogen (secondary N) is 1. The normalized spacial score (nSPS) is 24.2. The van der Waals surface area contributed by atoms with Crippen molar-refractivity contribution in [1.82, 2.24) is 10.3 Å². The Balaban J connectivity index is 2.36. The quantitative estimate of drug-likeness (QED) is 0.572. The molecule has 0 amide bonds. The highest BCUT2D eigenvalue weighted by Gasteiger charge is 2.48. The minimum atomic E-state index is -1.46. The lowest BCUT2D eigenvalue weighted by atomic mass is 9.88. The van der Waals surface area contributed by atoms with Crippen LogP contribution < -0.4 is 5.32 Å². The number of aliphatic carboxylic acids is 1. The fourth-order valence-corrected chi connectivity index (χ4v) is 1.96. The number of carbonyl (C=O) groups excluding carboxylic acids is 1. The molecule has 0 spiro atoms. The molecule has 0 bridgehead atoms. The van der Waals surface area contributed by atoms with E-state index < -0.39 is 17.3 Å². The van der Waals surface area contributed by atoms with Crippen molar-refractivity contribution < 1.29 is 14.7 Å². The largest absolute Gasteiger partial charge is 0.480 e. The number of carboxylic acids is 1. The van der Waals surface area contributed by atoms with Gasteiger partial charge in [-0.05, 0) is 31.5 Å². The number of carbonyl (C=O) groups is 2. The topological polar surface area (TPSA) is 79.3 Å². The molecule has 2 heterocycles. The van der Waals surface area contributed by atoms with Crippen molar-refractivity contribution in [3.05, 3.63) is 30.1 Å². The molecule has 16 heavy (non-hydrogen) atoms. The molecule has 5 nitrogen and oxygen atoms in total. The van der Waals surface area contributed by atoms with Gasteiger partial charge in [0.2, 0.25) is 0 Å². The fourth-order valence-electron chi connectivity index (χ4n) is 1.96. The Kier molecular flexibility index (Phi) is 2.70. The number of pyridine rings is 1. The van der Waals surface area contributed by atoms with Crippen LogP contribution in [0.15, 0.2) is 24.5 Å². The van der Waals surface area contributed by atoms with Crippen molar-refractivity contribution in [2.45, 2.75) is 18.4 Å². The average Bonchev–Trinajstić information content (AvgIpc) is 2.79. The lowest BCUT2D eigenvalue weighted by Crippen LogP contribution is -2.54. The molecule has 0 aliphatic carbocycles. The Morgan fingerprint density at radius 1 is 1.50 bits per heavy atom. The standard InChI is InChI=1S/C11H12N2O3/c14-9(8-3-1-5-12-7-8)11(10(15)16)4-2-6-13-11/h1,3,5,7,13H,2,4,6H2,(H,15,16)/t11-/m1/s1. The van der Waals surface area contributed by atoms with Crippen LogP contribution in [0.4, 0.5) is 0 Å². The van der Waals surface area contributed by atoms with Crippen LogP contribution in [0.25, 0.3) is 0 Å². The maximum absolute atomic E-state index is 12.1. The smallest absolute Gasteiger partial charge is 0.332 e. The van der Waals surface area contributed by atoms with E-state index in [4.69, 9.17) is 0 Å². The fraction of sp³-hybridized carbons (Fsp3) is 0.364. The molecule has 84 valence electrons. The number of Topliss-reactive ketones (excluding diaryl/α,β-unsaturated/α-hetero) is 1. The van der Waals surface area contributed by atoms with Crippen LogP contribution in [0.5, 0.6) is 0 Å². The molecule has 1 saturated heterocycles. The number of rotatable bonds is 3. The first kappa shape index (κ1) is 10.8. The highest BCUT2D eigenvalue weighted by molar-refractivity contribution is 6.16. The highest BCUT2D eigenvalue weighted by Crippen LogP contribution is 2.24. The van der Waals surface area contributed by atoms with Crippen molar-refractivity contribution in [3.63, 3.8) is 0 Å². The van der Waals surface area contributed by atoms with Gasteiger partial charge in [-0.25, -0.2) is 4.79 Å². The monoisotopic (exact) mass is 220 g/mol. The molecular weight excluding hydrogens is 208 g/mol. The Labute approximate surface area is 92.5 Å². The minimum absolute atomic E-state index is 0.329. The van der Waals surface area contributed by atoms with Gasteiger partial charge in [-0.2, -0.15) is 0 Å². The SMILES string of the molecule is O=C(O)[C@]1(C(=O)c2cccnc2)CCCN1. The Morgan fingerprint density at radius 3 is 2.81 bits per heavy atom. The van der Waals surface area contributed by atoms with Gasteiger partial charge in [0.1, 0.15) is 0 Å². The molecule has 0 radical (unpaired) electrons. The third-order valence-electron chi connectivity index (χ3n) is 2.83. The van der Waals surface area contributed by atoms with Crippen LogP contribution in [-0.4, -0.2) is 33.9 Å². The first-order valence-electron chi connectivity index (χ1n) is 5.10. The van der Waals surface area contributed by atoms with Crippen molar-refractivity contribution in [2.24, 2.45) is 0 Å². The number of aromatic nitrogens is 1. The molecule has 1 aliphatic heterocycles. The molecular formula is C11H12N2O3. The summed E-state index contributed by atoms with van der Waals surface area (Å²) < 4.78 is 0. The van der Waals surface area contributed by atoms with E-state index in [1.807, 2.05) is 0 Å². The average molecular weight is 220 g/mol. The van der Waals surface area contributed by atoms with Crippen LogP contribution in [0.1, 0.15) is 23.2 Å². The number of carboxylic acid groups (broad SMARTS) is 1.